The number of piperidine rings is 1. The van der Waals surface area contributed by atoms with E-state index in [2.05, 4.69) is 53.4 Å². The van der Waals surface area contributed by atoms with Gasteiger partial charge in [-0.25, -0.2) is 0 Å². The Labute approximate surface area is 132 Å². The molecule has 21 heavy (non-hydrogen) atoms. The smallest absolute Gasteiger partial charge is 0.0139 e. The van der Waals surface area contributed by atoms with Gasteiger partial charge >= 0.3 is 0 Å². The van der Waals surface area contributed by atoms with Crippen molar-refractivity contribution in [2.24, 2.45) is 29.1 Å². The maximum atomic E-state index is 2.78. The summed E-state index contributed by atoms with van der Waals surface area (Å²) in [7, 11) is 0. The first-order valence-electron chi connectivity index (χ1n) is 9.29. The van der Waals surface area contributed by atoms with Crippen molar-refractivity contribution in [3.63, 3.8) is 0 Å². The van der Waals surface area contributed by atoms with Crippen molar-refractivity contribution >= 4 is 0 Å². The Bertz CT molecular complexity index is 445. The van der Waals surface area contributed by atoms with Gasteiger partial charge in [-0.05, 0) is 68.7 Å². The van der Waals surface area contributed by atoms with Crippen LogP contribution in [0.5, 0.6) is 0 Å². The predicted molar refractivity (Wildman–Crippen MR) is 91.3 cm³/mol. The molecular formula is C20H35N. The molecule has 1 heterocycles. The lowest BCUT2D eigenvalue weighted by atomic mass is 9.67. The molecule has 4 atom stereocenters. The number of likely N-dealkylation sites (tertiary alicyclic amines) is 1. The lowest BCUT2D eigenvalue weighted by Gasteiger charge is -2.44. The minimum absolute atomic E-state index is 0.573. The summed E-state index contributed by atoms with van der Waals surface area (Å²) in [6, 6.07) is 1.62. The van der Waals surface area contributed by atoms with Crippen molar-refractivity contribution in [3.05, 3.63) is 11.1 Å². The van der Waals surface area contributed by atoms with E-state index < -0.39 is 0 Å². The van der Waals surface area contributed by atoms with Crippen LogP contribution in [0.15, 0.2) is 11.1 Å². The van der Waals surface area contributed by atoms with Crippen LogP contribution in [0.2, 0.25) is 0 Å². The minimum Gasteiger partial charge on any atom is -0.298 e. The van der Waals surface area contributed by atoms with E-state index in [1.807, 2.05) is 11.1 Å². The van der Waals surface area contributed by atoms with E-state index in [4.69, 9.17) is 0 Å². The molecule has 0 bridgehead atoms. The molecule has 1 saturated carbocycles. The molecule has 3 rings (SSSR count). The fourth-order valence-corrected chi connectivity index (χ4v) is 6.16. The van der Waals surface area contributed by atoms with E-state index in [0.29, 0.717) is 5.41 Å². The number of nitrogens with zero attached hydrogens (tertiary/aromatic N) is 1. The van der Waals surface area contributed by atoms with Crippen LogP contribution in [-0.4, -0.2) is 23.5 Å². The van der Waals surface area contributed by atoms with Crippen LogP contribution in [0.4, 0.5) is 0 Å². The molecule has 0 radical (unpaired) electrons. The zero-order valence-electron chi connectivity index (χ0n) is 15.2. The van der Waals surface area contributed by atoms with E-state index in [0.717, 1.165) is 35.8 Å². The highest BCUT2D eigenvalue weighted by molar-refractivity contribution is 5.37. The largest absolute Gasteiger partial charge is 0.298 e. The van der Waals surface area contributed by atoms with Crippen LogP contribution >= 0.6 is 0 Å². The summed E-state index contributed by atoms with van der Waals surface area (Å²) in [5.74, 6) is 3.25. The predicted octanol–water partition coefficient (Wildman–Crippen LogP) is 5.12. The molecule has 1 nitrogen and oxygen atoms in total. The van der Waals surface area contributed by atoms with Gasteiger partial charge in [-0.15, -0.1) is 0 Å². The molecule has 0 aromatic carbocycles. The third kappa shape index (κ3) is 2.22. The van der Waals surface area contributed by atoms with Gasteiger partial charge in [-0.1, -0.05) is 45.8 Å². The second-order valence-electron chi connectivity index (χ2n) is 8.93. The van der Waals surface area contributed by atoms with Crippen LogP contribution in [-0.2, 0) is 0 Å². The first kappa shape index (κ1) is 15.6. The average molecular weight is 290 g/mol. The third-order valence-electron chi connectivity index (χ3n) is 6.62. The topological polar surface area (TPSA) is 3.24 Å². The van der Waals surface area contributed by atoms with Gasteiger partial charge in [0, 0.05) is 12.1 Å². The molecule has 4 unspecified atom stereocenters. The molecule has 0 amide bonds. The third-order valence-corrected chi connectivity index (χ3v) is 6.62. The zero-order chi connectivity index (χ0) is 15.5. The Balaban J connectivity index is 1.96. The summed E-state index contributed by atoms with van der Waals surface area (Å²) in [6.07, 6.45) is 4.33. The van der Waals surface area contributed by atoms with Crippen molar-refractivity contribution in [2.45, 2.75) is 79.8 Å². The summed E-state index contributed by atoms with van der Waals surface area (Å²) in [5, 5.41) is 0. The van der Waals surface area contributed by atoms with Crippen molar-refractivity contribution in [1.82, 2.24) is 4.90 Å². The fraction of sp³-hybridized carbons (Fsp3) is 0.900. The quantitative estimate of drug-likeness (QED) is 0.651. The van der Waals surface area contributed by atoms with Crippen LogP contribution in [0.1, 0.15) is 67.7 Å². The van der Waals surface area contributed by atoms with Crippen molar-refractivity contribution in [1.29, 1.82) is 0 Å². The Morgan fingerprint density at radius 1 is 1.05 bits per heavy atom. The standard InChI is InChI=1S/C20H35N/c1-12(2)18-15(7)11-20(19(18)13(3)4)8-9-21(14(5)6)17-10-16(17)20/h12-17H,8-11H2,1-7H3. The van der Waals surface area contributed by atoms with Gasteiger partial charge < -0.3 is 0 Å². The number of hydrogen-bond donors (Lipinski definition) is 0. The molecule has 3 aliphatic rings. The van der Waals surface area contributed by atoms with E-state index in [1.165, 1.54) is 25.8 Å². The molecule has 0 aromatic rings. The lowest BCUT2D eigenvalue weighted by Crippen LogP contribution is -2.45. The normalized spacial score (nSPS) is 40.0. The second-order valence-corrected chi connectivity index (χ2v) is 8.93. The highest BCUT2D eigenvalue weighted by atomic mass is 15.2. The molecule has 0 aromatic heterocycles. The van der Waals surface area contributed by atoms with Gasteiger partial charge in [0.2, 0.25) is 0 Å². The Kier molecular flexibility index (Phi) is 3.80. The van der Waals surface area contributed by atoms with Crippen LogP contribution in [0.3, 0.4) is 0 Å². The number of rotatable bonds is 3. The summed E-state index contributed by atoms with van der Waals surface area (Å²) in [4.78, 5) is 2.78. The van der Waals surface area contributed by atoms with Gasteiger partial charge in [-0.3, -0.25) is 4.90 Å². The second kappa shape index (κ2) is 5.11. The Morgan fingerprint density at radius 3 is 2.24 bits per heavy atom. The number of hydrogen-bond acceptors (Lipinski definition) is 1. The SMILES string of the molecule is CC(C)C1=C(C(C)C)C2(CCN(C(C)C)C3CC32)CC1C. The first-order valence-corrected chi connectivity index (χ1v) is 9.29. The van der Waals surface area contributed by atoms with Crippen LogP contribution in [0.25, 0.3) is 0 Å². The zero-order valence-corrected chi connectivity index (χ0v) is 15.2. The summed E-state index contributed by atoms with van der Waals surface area (Å²) >= 11 is 0. The van der Waals surface area contributed by atoms with E-state index >= 15 is 0 Å². The average Bonchev–Trinajstić information content (AvgIpc) is 3.09. The molecule has 1 spiro atoms. The molecular weight excluding hydrogens is 254 g/mol. The summed E-state index contributed by atoms with van der Waals surface area (Å²) in [6.45, 7) is 18.3. The van der Waals surface area contributed by atoms with Crippen LogP contribution in [0, 0.1) is 29.1 Å². The van der Waals surface area contributed by atoms with Gasteiger partial charge in [0.25, 0.3) is 0 Å². The van der Waals surface area contributed by atoms with Crippen molar-refractivity contribution < 1.29 is 0 Å². The lowest BCUT2D eigenvalue weighted by molar-refractivity contribution is 0.0881. The van der Waals surface area contributed by atoms with Gasteiger partial charge in [0.1, 0.15) is 0 Å². The highest BCUT2D eigenvalue weighted by Crippen LogP contribution is 2.66. The Hall–Kier alpha value is -0.300. The number of fused-ring (bicyclic) bond motifs is 2. The summed E-state index contributed by atoms with van der Waals surface area (Å²) < 4.78 is 0. The first-order chi connectivity index (χ1) is 9.79. The van der Waals surface area contributed by atoms with Crippen LogP contribution < -0.4 is 0 Å². The van der Waals surface area contributed by atoms with Gasteiger partial charge in [-0.2, -0.15) is 0 Å². The highest BCUT2D eigenvalue weighted by Gasteiger charge is 2.62. The Morgan fingerprint density at radius 2 is 1.71 bits per heavy atom. The minimum atomic E-state index is 0.573. The maximum absolute atomic E-state index is 2.78. The molecule has 1 aliphatic heterocycles. The van der Waals surface area contributed by atoms with Crippen molar-refractivity contribution in [3.8, 4) is 0 Å². The number of allylic oxidation sites excluding steroid dienone is 2. The van der Waals surface area contributed by atoms with Gasteiger partial charge in [0.15, 0.2) is 0 Å². The summed E-state index contributed by atoms with van der Waals surface area (Å²) in [5.41, 5.74) is 4.29. The molecule has 2 aliphatic carbocycles. The van der Waals surface area contributed by atoms with E-state index in [9.17, 15) is 0 Å². The monoisotopic (exact) mass is 289 g/mol. The maximum Gasteiger partial charge on any atom is 0.0139 e. The van der Waals surface area contributed by atoms with E-state index in [1.54, 1.807) is 0 Å². The van der Waals surface area contributed by atoms with E-state index in [-0.39, 0.29) is 0 Å². The molecule has 1 saturated heterocycles. The van der Waals surface area contributed by atoms with Gasteiger partial charge in [0.05, 0.1) is 0 Å². The molecule has 2 fully saturated rings. The fourth-order valence-electron chi connectivity index (χ4n) is 6.16. The molecule has 120 valence electrons. The molecule has 0 N–H and O–H groups in total. The molecule has 1 heteroatoms. The van der Waals surface area contributed by atoms with Crippen molar-refractivity contribution in [2.75, 3.05) is 6.54 Å².